The molecule has 0 N–H and O–H groups in total. The fourth-order valence-corrected chi connectivity index (χ4v) is 4.95. The van der Waals surface area contributed by atoms with Crippen LogP contribution in [-0.4, -0.2) is 33.2 Å². The largest absolute Gasteiger partial charge is 0.253 e. The summed E-state index contributed by atoms with van der Waals surface area (Å²) in [5, 5.41) is 0. The van der Waals surface area contributed by atoms with Crippen LogP contribution in [0.2, 0.25) is 0 Å². The monoisotopic (exact) mass is 229 g/mol. The van der Waals surface area contributed by atoms with Crippen LogP contribution in [0.3, 0.4) is 0 Å². The Hall–Kier alpha value is -0.0200. The van der Waals surface area contributed by atoms with E-state index in [4.69, 9.17) is 0 Å². The molecule has 3 heteroatoms. The Labute approximate surface area is 94.2 Å². The van der Waals surface area contributed by atoms with Crippen molar-refractivity contribution in [3.05, 3.63) is 0 Å². The van der Waals surface area contributed by atoms with Crippen molar-refractivity contribution in [1.82, 2.24) is 4.31 Å². The molecule has 15 heavy (non-hydrogen) atoms. The number of nitrogens with zero attached hydrogens (tertiary/aromatic N) is 1. The Bertz CT molecular complexity index is 345. The van der Waals surface area contributed by atoms with E-state index >= 15 is 0 Å². The van der Waals surface area contributed by atoms with Crippen LogP contribution in [-0.2, 0) is 9.71 Å². The molecule has 1 heterocycles. The lowest BCUT2D eigenvalue weighted by atomic mass is 9.69. The maximum Gasteiger partial charge on any atom is 0.0294 e. The summed E-state index contributed by atoms with van der Waals surface area (Å²) in [6, 6.07) is 0.525. The van der Waals surface area contributed by atoms with Crippen molar-refractivity contribution < 1.29 is 4.21 Å². The van der Waals surface area contributed by atoms with Gasteiger partial charge in [0.25, 0.3) is 0 Å². The third kappa shape index (κ3) is 2.09. The highest BCUT2D eigenvalue weighted by molar-refractivity contribution is 7.98. The zero-order valence-electron chi connectivity index (χ0n) is 10.2. The molecule has 1 saturated heterocycles. The van der Waals surface area contributed by atoms with Crippen LogP contribution in [0.15, 0.2) is 0 Å². The average molecular weight is 229 g/mol. The molecule has 1 aliphatic carbocycles. The van der Waals surface area contributed by atoms with E-state index in [-0.39, 0.29) is 0 Å². The number of fused-ring (bicyclic) bond motifs is 1. The van der Waals surface area contributed by atoms with E-state index in [1.165, 1.54) is 19.3 Å². The molecule has 1 aliphatic heterocycles. The molecular formula is C12H23NOS. The van der Waals surface area contributed by atoms with E-state index in [0.717, 1.165) is 18.1 Å². The first-order chi connectivity index (χ1) is 6.82. The molecule has 0 aromatic heterocycles. The lowest BCUT2D eigenvalue weighted by Crippen LogP contribution is -2.51. The minimum atomic E-state index is -1.94. The third-order valence-corrected chi connectivity index (χ3v) is 6.47. The second-order valence-electron chi connectivity index (χ2n) is 6.05. The molecular weight excluding hydrogens is 206 g/mol. The fraction of sp³-hybridized carbons (Fsp3) is 0.917. The standard InChI is InChI=1S/C12H23NOS/c1-12(2)7-5-11-10(9-12)6-8-15(4,14)13(11)3/h10-11H,4-9H2,1-3H3. The first-order valence-electron chi connectivity index (χ1n) is 5.90. The Kier molecular flexibility index (Phi) is 2.67. The molecule has 0 amide bonds. The molecule has 0 aromatic rings. The maximum atomic E-state index is 12.2. The summed E-state index contributed by atoms with van der Waals surface area (Å²) in [4.78, 5) is 0. The first-order valence-corrected chi connectivity index (χ1v) is 7.75. The van der Waals surface area contributed by atoms with Gasteiger partial charge >= 0.3 is 0 Å². The molecule has 2 rings (SSSR count). The Morgan fingerprint density at radius 2 is 2.07 bits per heavy atom. The summed E-state index contributed by atoms with van der Waals surface area (Å²) in [5.74, 6) is 5.43. The molecule has 88 valence electrons. The van der Waals surface area contributed by atoms with Crippen molar-refractivity contribution in [3.8, 4) is 0 Å². The van der Waals surface area contributed by atoms with Crippen molar-refractivity contribution in [3.63, 3.8) is 0 Å². The number of rotatable bonds is 0. The Morgan fingerprint density at radius 1 is 1.40 bits per heavy atom. The molecule has 1 saturated carbocycles. The van der Waals surface area contributed by atoms with Gasteiger partial charge in [0.1, 0.15) is 0 Å². The van der Waals surface area contributed by atoms with Crippen LogP contribution in [0.1, 0.15) is 39.5 Å². The van der Waals surface area contributed by atoms with Gasteiger partial charge in [-0.1, -0.05) is 13.8 Å². The first kappa shape index (κ1) is 11.5. The number of hydrogen-bond donors (Lipinski definition) is 0. The smallest absolute Gasteiger partial charge is 0.0294 e. The van der Waals surface area contributed by atoms with E-state index in [9.17, 15) is 4.21 Å². The van der Waals surface area contributed by atoms with Gasteiger partial charge in [0.15, 0.2) is 0 Å². The SMILES string of the molecule is C=S1(=O)CCC2CC(C)(C)CCC2N1C. The zero-order chi connectivity index (χ0) is 11.3. The molecule has 2 fully saturated rings. The van der Waals surface area contributed by atoms with E-state index in [1.807, 2.05) is 7.05 Å². The van der Waals surface area contributed by atoms with Crippen molar-refractivity contribution in [2.75, 3.05) is 12.8 Å². The fourth-order valence-electron chi connectivity index (χ4n) is 3.22. The van der Waals surface area contributed by atoms with Gasteiger partial charge < -0.3 is 0 Å². The zero-order valence-corrected chi connectivity index (χ0v) is 11.0. The number of hydrogen-bond acceptors (Lipinski definition) is 1. The normalized spacial score (nSPS) is 46.1. The molecule has 3 unspecified atom stereocenters. The van der Waals surface area contributed by atoms with Gasteiger partial charge in [0, 0.05) is 21.5 Å². The van der Waals surface area contributed by atoms with Gasteiger partial charge in [-0.3, -0.25) is 4.21 Å². The lowest BCUT2D eigenvalue weighted by Gasteiger charge is -2.48. The minimum absolute atomic E-state index is 0.487. The molecule has 0 aromatic carbocycles. The second kappa shape index (κ2) is 3.49. The third-order valence-electron chi connectivity index (χ3n) is 4.28. The molecule has 0 radical (unpaired) electrons. The van der Waals surface area contributed by atoms with Crippen molar-refractivity contribution in [1.29, 1.82) is 0 Å². The molecule has 2 aliphatic rings. The average Bonchev–Trinajstić information content (AvgIpc) is 2.11. The predicted molar refractivity (Wildman–Crippen MR) is 67.4 cm³/mol. The van der Waals surface area contributed by atoms with E-state index in [2.05, 4.69) is 24.0 Å². The predicted octanol–water partition coefficient (Wildman–Crippen LogP) is 2.15. The van der Waals surface area contributed by atoms with Gasteiger partial charge in [-0.15, -0.1) is 0 Å². The van der Waals surface area contributed by atoms with Crippen LogP contribution < -0.4 is 0 Å². The summed E-state index contributed by atoms with van der Waals surface area (Å²) in [6.07, 6.45) is 4.85. The van der Waals surface area contributed by atoms with E-state index in [1.54, 1.807) is 0 Å². The quantitative estimate of drug-likeness (QED) is 0.583. The topological polar surface area (TPSA) is 20.3 Å². The summed E-state index contributed by atoms with van der Waals surface area (Å²) < 4.78 is 14.2. The minimum Gasteiger partial charge on any atom is -0.253 e. The summed E-state index contributed by atoms with van der Waals surface area (Å²) in [7, 11) is 0.0687. The Balaban J connectivity index is 2.18. The summed E-state index contributed by atoms with van der Waals surface area (Å²) in [6.45, 7) is 4.72. The van der Waals surface area contributed by atoms with E-state index < -0.39 is 9.71 Å². The van der Waals surface area contributed by atoms with Crippen LogP contribution in [0, 0.1) is 11.3 Å². The van der Waals surface area contributed by atoms with Crippen molar-refractivity contribution in [2.24, 2.45) is 11.3 Å². The highest BCUT2D eigenvalue weighted by atomic mass is 32.2. The second-order valence-corrected chi connectivity index (χ2v) is 8.58. The molecule has 2 nitrogen and oxygen atoms in total. The summed E-state index contributed by atoms with van der Waals surface area (Å²) in [5.41, 5.74) is 0.487. The van der Waals surface area contributed by atoms with Gasteiger partial charge in [-0.2, -0.15) is 0 Å². The van der Waals surface area contributed by atoms with Gasteiger partial charge in [-0.05, 0) is 49.9 Å². The van der Waals surface area contributed by atoms with Crippen LogP contribution in [0.5, 0.6) is 0 Å². The van der Waals surface area contributed by atoms with Crippen LogP contribution in [0.25, 0.3) is 0 Å². The van der Waals surface area contributed by atoms with Gasteiger partial charge in [0.05, 0.1) is 0 Å². The highest BCUT2D eigenvalue weighted by Gasteiger charge is 2.41. The highest BCUT2D eigenvalue weighted by Crippen LogP contribution is 2.44. The lowest BCUT2D eigenvalue weighted by molar-refractivity contribution is 0.0984. The molecule has 3 atom stereocenters. The molecule has 0 spiro atoms. The summed E-state index contributed by atoms with van der Waals surface area (Å²) >= 11 is 0. The van der Waals surface area contributed by atoms with Crippen molar-refractivity contribution >= 4 is 15.6 Å². The maximum absolute atomic E-state index is 12.2. The van der Waals surface area contributed by atoms with Gasteiger partial charge in [0.2, 0.25) is 0 Å². The Morgan fingerprint density at radius 3 is 2.73 bits per heavy atom. The molecule has 0 bridgehead atoms. The van der Waals surface area contributed by atoms with Crippen LogP contribution >= 0.6 is 0 Å². The van der Waals surface area contributed by atoms with Crippen LogP contribution in [0.4, 0.5) is 0 Å². The van der Waals surface area contributed by atoms with E-state index in [0.29, 0.717) is 11.5 Å². The van der Waals surface area contributed by atoms with Gasteiger partial charge in [-0.25, -0.2) is 4.31 Å². The van der Waals surface area contributed by atoms with Crippen molar-refractivity contribution in [2.45, 2.75) is 45.6 Å².